The van der Waals surface area contributed by atoms with Crippen LogP contribution in [0, 0.1) is 0 Å². The normalized spacial score (nSPS) is 18.7. The number of amides is 2. The molecule has 0 saturated heterocycles. The van der Waals surface area contributed by atoms with Gasteiger partial charge in [0.15, 0.2) is 5.17 Å². The summed E-state index contributed by atoms with van der Waals surface area (Å²) in [5, 5.41) is 9.95. The maximum atomic E-state index is 12.8. The number of amidine groups is 1. The van der Waals surface area contributed by atoms with Gasteiger partial charge in [-0.05, 0) is 59.7 Å². The second-order valence-corrected chi connectivity index (χ2v) is 10.3. The van der Waals surface area contributed by atoms with E-state index < -0.39 is 5.25 Å². The minimum atomic E-state index is -0.635. The minimum Gasteiger partial charge on any atom is -0.497 e. The maximum Gasteiger partial charge on any atom is 0.262 e. The molecule has 2 atom stereocenters. The number of halogens is 1. The Bertz CT molecular complexity index is 1410. The molecule has 2 amide bonds. The van der Waals surface area contributed by atoms with Crippen molar-refractivity contribution in [3.05, 3.63) is 88.9 Å². The fourth-order valence-corrected chi connectivity index (χ4v) is 5.46. The van der Waals surface area contributed by atoms with Crippen molar-refractivity contribution in [1.29, 1.82) is 0 Å². The van der Waals surface area contributed by atoms with Crippen LogP contribution in [0.1, 0.15) is 30.0 Å². The number of nitrogens with zero attached hydrogens (tertiary/aromatic N) is 3. The SMILES string of the molecule is COc1ccc(NC(=O)C[C@@H]2SC(N3N=C(c4ccc(Cl)cc4)C[C@H]3c3cccc(OC)c3)=NC2=O)cc1. The van der Waals surface area contributed by atoms with Gasteiger partial charge in [-0.15, -0.1) is 0 Å². The van der Waals surface area contributed by atoms with Crippen LogP contribution in [0.4, 0.5) is 5.69 Å². The molecule has 2 aliphatic rings. The molecular weight excluding hydrogens is 524 g/mol. The number of aliphatic imine (C=N–C) groups is 1. The zero-order valence-electron chi connectivity index (χ0n) is 20.8. The van der Waals surface area contributed by atoms with Crippen molar-refractivity contribution in [1.82, 2.24) is 5.01 Å². The number of ether oxygens (including phenoxy) is 2. The van der Waals surface area contributed by atoms with Gasteiger partial charge in [-0.2, -0.15) is 10.1 Å². The number of carbonyl (C=O) groups is 2. The van der Waals surface area contributed by atoms with Gasteiger partial charge in [0.05, 0.1) is 26.0 Å². The number of hydrogen-bond donors (Lipinski definition) is 1. The summed E-state index contributed by atoms with van der Waals surface area (Å²) in [5.74, 6) is 0.799. The van der Waals surface area contributed by atoms with Crippen LogP contribution in [0.25, 0.3) is 0 Å². The molecule has 0 aliphatic carbocycles. The smallest absolute Gasteiger partial charge is 0.262 e. The van der Waals surface area contributed by atoms with Crippen LogP contribution >= 0.6 is 23.4 Å². The molecule has 0 saturated carbocycles. The molecule has 0 aromatic heterocycles. The molecule has 1 N–H and O–H groups in total. The molecule has 3 aromatic carbocycles. The Morgan fingerprint density at radius 1 is 1.05 bits per heavy atom. The monoisotopic (exact) mass is 548 g/mol. The number of carbonyl (C=O) groups excluding carboxylic acids is 2. The molecule has 8 nitrogen and oxygen atoms in total. The third-order valence-corrected chi connectivity index (χ3v) is 7.63. The summed E-state index contributed by atoms with van der Waals surface area (Å²) < 4.78 is 10.6. The van der Waals surface area contributed by atoms with Gasteiger partial charge in [-0.3, -0.25) is 9.59 Å². The fourth-order valence-electron chi connectivity index (χ4n) is 4.27. The van der Waals surface area contributed by atoms with E-state index in [9.17, 15) is 9.59 Å². The van der Waals surface area contributed by atoms with Crippen LogP contribution in [0.3, 0.4) is 0 Å². The van der Waals surface area contributed by atoms with Crippen LogP contribution in [-0.2, 0) is 9.59 Å². The molecule has 0 radical (unpaired) electrons. The first-order chi connectivity index (χ1) is 18.4. The molecule has 194 valence electrons. The highest BCUT2D eigenvalue weighted by Crippen LogP contribution is 2.39. The zero-order chi connectivity index (χ0) is 26.6. The maximum absolute atomic E-state index is 12.8. The first-order valence-corrected chi connectivity index (χ1v) is 13.2. The largest absolute Gasteiger partial charge is 0.497 e. The number of rotatable bonds is 7. The summed E-state index contributed by atoms with van der Waals surface area (Å²) in [6.07, 6.45) is 0.596. The van der Waals surface area contributed by atoms with E-state index in [-0.39, 0.29) is 24.3 Å². The lowest BCUT2D eigenvalue weighted by molar-refractivity contribution is -0.121. The van der Waals surface area contributed by atoms with Crippen molar-refractivity contribution < 1.29 is 19.1 Å². The number of anilines is 1. The minimum absolute atomic E-state index is 0.00600. The van der Waals surface area contributed by atoms with E-state index in [1.807, 2.05) is 48.5 Å². The number of hydrogen-bond acceptors (Lipinski definition) is 7. The Balaban J connectivity index is 1.34. The van der Waals surface area contributed by atoms with Crippen LogP contribution in [0.2, 0.25) is 5.02 Å². The van der Waals surface area contributed by atoms with E-state index in [2.05, 4.69) is 10.3 Å². The average Bonchev–Trinajstić information content (AvgIpc) is 3.53. The van der Waals surface area contributed by atoms with E-state index in [4.69, 9.17) is 26.2 Å². The average molecular weight is 549 g/mol. The second kappa shape index (κ2) is 11.3. The van der Waals surface area contributed by atoms with E-state index in [1.165, 1.54) is 11.8 Å². The number of benzene rings is 3. The van der Waals surface area contributed by atoms with Crippen LogP contribution in [0.15, 0.2) is 82.9 Å². The van der Waals surface area contributed by atoms with E-state index in [0.717, 1.165) is 22.6 Å². The second-order valence-electron chi connectivity index (χ2n) is 8.71. The van der Waals surface area contributed by atoms with E-state index in [1.54, 1.807) is 43.5 Å². The Morgan fingerprint density at radius 3 is 2.50 bits per heavy atom. The highest BCUT2D eigenvalue weighted by atomic mass is 35.5. The molecule has 0 bridgehead atoms. The van der Waals surface area contributed by atoms with Crippen molar-refractivity contribution in [3.8, 4) is 11.5 Å². The van der Waals surface area contributed by atoms with Gasteiger partial charge in [0.25, 0.3) is 5.91 Å². The molecule has 0 unspecified atom stereocenters. The summed E-state index contributed by atoms with van der Waals surface area (Å²) in [7, 11) is 3.20. The molecule has 2 heterocycles. The lowest BCUT2D eigenvalue weighted by Gasteiger charge is -2.23. The lowest BCUT2D eigenvalue weighted by Crippen LogP contribution is -2.25. The molecule has 5 rings (SSSR count). The van der Waals surface area contributed by atoms with E-state index in [0.29, 0.717) is 28.0 Å². The molecular formula is C28H25ClN4O4S. The Morgan fingerprint density at radius 2 is 1.79 bits per heavy atom. The number of hydrazone groups is 1. The van der Waals surface area contributed by atoms with Gasteiger partial charge in [-0.25, -0.2) is 5.01 Å². The van der Waals surface area contributed by atoms with Crippen LogP contribution in [-0.4, -0.2) is 47.2 Å². The standard InChI is InChI=1S/C28H25ClN4O4S/c1-36-21-12-10-20(11-13-21)30-26(34)16-25-27(35)31-28(38-25)33-24(18-4-3-5-22(14-18)37-2)15-23(32-33)17-6-8-19(29)9-7-17/h3-14,24-25H,15-16H2,1-2H3,(H,30,34)/t24-,25-/m0/s1. The Kier molecular flexibility index (Phi) is 7.67. The van der Waals surface area contributed by atoms with Gasteiger partial charge >= 0.3 is 0 Å². The van der Waals surface area contributed by atoms with Gasteiger partial charge in [0, 0.05) is 23.6 Å². The van der Waals surface area contributed by atoms with Gasteiger partial charge in [-0.1, -0.05) is 47.6 Å². The van der Waals surface area contributed by atoms with Crippen LogP contribution in [0.5, 0.6) is 11.5 Å². The van der Waals surface area contributed by atoms with Crippen LogP contribution < -0.4 is 14.8 Å². The van der Waals surface area contributed by atoms with E-state index >= 15 is 0 Å². The fraction of sp³-hybridized carbons (Fsp3) is 0.214. The Labute approximate surface area is 229 Å². The van der Waals surface area contributed by atoms with Crippen molar-refractivity contribution >= 4 is 51.7 Å². The highest BCUT2D eigenvalue weighted by molar-refractivity contribution is 8.15. The zero-order valence-corrected chi connectivity index (χ0v) is 22.3. The lowest BCUT2D eigenvalue weighted by atomic mass is 9.98. The Hall–Kier alpha value is -3.82. The van der Waals surface area contributed by atoms with Gasteiger partial charge in [0.2, 0.25) is 5.91 Å². The predicted octanol–water partition coefficient (Wildman–Crippen LogP) is 5.54. The summed E-state index contributed by atoms with van der Waals surface area (Å²) in [4.78, 5) is 29.8. The van der Waals surface area contributed by atoms with Crippen molar-refractivity contribution in [2.45, 2.75) is 24.1 Å². The molecule has 2 aliphatic heterocycles. The summed E-state index contributed by atoms with van der Waals surface area (Å²) in [6, 6.07) is 22.1. The van der Waals surface area contributed by atoms with Gasteiger partial charge < -0.3 is 14.8 Å². The third-order valence-electron chi connectivity index (χ3n) is 6.24. The number of thioether (sulfide) groups is 1. The third kappa shape index (κ3) is 5.69. The number of methoxy groups -OCH3 is 2. The summed E-state index contributed by atoms with van der Waals surface area (Å²) in [6.45, 7) is 0. The topological polar surface area (TPSA) is 92.6 Å². The first-order valence-electron chi connectivity index (χ1n) is 11.9. The summed E-state index contributed by atoms with van der Waals surface area (Å²) >= 11 is 7.34. The molecule has 10 heteroatoms. The number of nitrogens with one attached hydrogen (secondary N) is 1. The summed E-state index contributed by atoms with van der Waals surface area (Å²) in [5.41, 5.74) is 3.40. The predicted molar refractivity (Wildman–Crippen MR) is 150 cm³/mol. The molecule has 38 heavy (non-hydrogen) atoms. The highest BCUT2D eigenvalue weighted by Gasteiger charge is 2.39. The van der Waals surface area contributed by atoms with Crippen molar-refractivity contribution in [2.24, 2.45) is 10.1 Å². The van der Waals surface area contributed by atoms with Gasteiger partial charge in [0.1, 0.15) is 16.7 Å². The molecule has 3 aromatic rings. The molecule has 0 spiro atoms. The van der Waals surface area contributed by atoms with Crippen molar-refractivity contribution in [2.75, 3.05) is 19.5 Å². The quantitative estimate of drug-likeness (QED) is 0.417. The van der Waals surface area contributed by atoms with Crippen molar-refractivity contribution in [3.63, 3.8) is 0 Å². The first kappa shape index (κ1) is 25.8. The molecule has 0 fully saturated rings.